The van der Waals surface area contributed by atoms with Crippen LogP contribution >= 0.6 is 0 Å². The molecule has 1 aromatic rings. The Kier molecular flexibility index (Phi) is 5.69. The Morgan fingerprint density at radius 1 is 1.29 bits per heavy atom. The van der Waals surface area contributed by atoms with Crippen molar-refractivity contribution >= 4 is 11.9 Å². The van der Waals surface area contributed by atoms with Crippen molar-refractivity contribution in [2.45, 2.75) is 44.5 Å². The molecule has 5 nitrogen and oxygen atoms in total. The van der Waals surface area contributed by atoms with Crippen molar-refractivity contribution in [2.75, 3.05) is 6.61 Å². The van der Waals surface area contributed by atoms with Crippen LogP contribution in [0.3, 0.4) is 0 Å². The van der Waals surface area contributed by atoms with Crippen LogP contribution in [0.1, 0.15) is 25.3 Å². The summed E-state index contributed by atoms with van der Waals surface area (Å²) < 4.78 is 49.3. The van der Waals surface area contributed by atoms with Crippen molar-refractivity contribution < 1.29 is 32.2 Å². The summed E-state index contributed by atoms with van der Waals surface area (Å²) in [6.45, 7) is 1.81. The van der Waals surface area contributed by atoms with Crippen LogP contribution in [-0.4, -0.2) is 36.8 Å². The van der Waals surface area contributed by atoms with Gasteiger partial charge in [0.1, 0.15) is 5.75 Å². The lowest BCUT2D eigenvalue weighted by molar-refractivity contribution is -0.206. The average Bonchev–Trinajstić information content (AvgIpc) is 2.51. The van der Waals surface area contributed by atoms with E-state index in [1.54, 1.807) is 25.1 Å². The summed E-state index contributed by atoms with van der Waals surface area (Å²) in [5, 5.41) is 2.32. The zero-order valence-electron chi connectivity index (χ0n) is 13.1. The van der Waals surface area contributed by atoms with Gasteiger partial charge in [-0.3, -0.25) is 9.59 Å². The minimum atomic E-state index is -4.62. The number of halogens is 3. The van der Waals surface area contributed by atoms with Crippen molar-refractivity contribution in [3.63, 3.8) is 0 Å². The minimum absolute atomic E-state index is 0.00545. The number of benzene rings is 1. The first-order chi connectivity index (χ1) is 11.3. The summed E-state index contributed by atoms with van der Waals surface area (Å²) in [5.74, 6) is -1.05. The van der Waals surface area contributed by atoms with E-state index in [1.165, 1.54) is 6.07 Å². The Balaban J connectivity index is 2.03. The Morgan fingerprint density at radius 2 is 2.00 bits per heavy atom. The van der Waals surface area contributed by atoms with Crippen LogP contribution in [0.2, 0.25) is 0 Å². The normalized spacial score (nSPS) is 19.8. The second-order valence-electron chi connectivity index (χ2n) is 5.37. The molecule has 0 saturated heterocycles. The number of hydrogen-bond acceptors (Lipinski definition) is 4. The third-order valence-electron chi connectivity index (χ3n) is 3.56. The van der Waals surface area contributed by atoms with Gasteiger partial charge in [0.05, 0.1) is 19.1 Å². The van der Waals surface area contributed by atoms with Crippen LogP contribution in [0, 0.1) is 0 Å². The zero-order valence-corrected chi connectivity index (χ0v) is 13.1. The summed E-state index contributed by atoms with van der Waals surface area (Å²) in [5.41, 5.74) is 0.591. The first-order valence-electron chi connectivity index (χ1n) is 7.57. The Morgan fingerprint density at radius 3 is 2.67 bits per heavy atom. The maximum absolute atomic E-state index is 13.2. The molecule has 1 amide bonds. The highest BCUT2D eigenvalue weighted by atomic mass is 19.4. The molecule has 2 atom stereocenters. The number of nitrogens with one attached hydrogen (secondary N) is 1. The number of alkyl halides is 3. The molecule has 0 fully saturated rings. The smallest absolute Gasteiger partial charge is 0.427 e. The average molecular weight is 345 g/mol. The Bertz CT molecular complexity index is 603. The lowest BCUT2D eigenvalue weighted by atomic mass is 9.96. The van der Waals surface area contributed by atoms with E-state index < -0.39 is 30.2 Å². The van der Waals surface area contributed by atoms with E-state index in [0.717, 1.165) is 0 Å². The van der Waals surface area contributed by atoms with Gasteiger partial charge in [-0.25, -0.2) is 0 Å². The van der Waals surface area contributed by atoms with Crippen molar-refractivity contribution in [3.05, 3.63) is 29.8 Å². The molecular weight excluding hydrogens is 327 g/mol. The zero-order chi connectivity index (χ0) is 17.7. The summed E-state index contributed by atoms with van der Waals surface area (Å²) in [6, 6.07) is 5.15. The van der Waals surface area contributed by atoms with Gasteiger partial charge in [-0.1, -0.05) is 18.2 Å². The molecule has 8 heteroatoms. The van der Waals surface area contributed by atoms with Crippen LogP contribution in [0.25, 0.3) is 0 Å². The van der Waals surface area contributed by atoms with Crippen LogP contribution in [-0.2, 0) is 20.7 Å². The molecular formula is C16H18F3NO4. The van der Waals surface area contributed by atoms with E-state index in [1.807, 2.05) is 0 Å². The monoisotopic (exact) mass is 345 g/mol. The molecule has 1 aliphatic rings. The lowest BCUT2D eigenvalue weighted by Gasteiger charge is -2.35. The summed E-state index contributed by atoms with van der Waals surface area (Å²) >= 11 is 0. The predicted molar refractivity (Wildman–Crippen MR) is 78.4 cm³/mol. The third kappa shape index (κ3) is 4.62. The molecule has 1 heterocycles. The molecule has 0 saturated carbocycles. The van der Waals surface area contributed by atoms with E-state index >= 15 is 0 Å². The maximum atomic E-state index is 13.2. The fourth-order valence-electron chi connectivity index (χ4n) is 2.50. The molecule has 1 N–H and O–H groups in total. The highest BCUT2D eigenvalue weighted by Gasteiger charge is 2.49. The molecule has 1 aromatic carbocycles. The third-order valence-corrected chi connectivity index (χ3v) is 3.56. The fraction of sp³-hybridized carbons (Fsp3) is 0.500. The standard InChI is InChI=1S/C16H18F3NO4/c1-2-23-14(22)8-7-13(21)20-11-9-10-5-3-4-6-12(10)24-15(11)16(17,18)19/h3-6,11,15H,2,7-9H2,1H3,(H,20,21)/t11-,15-/m1/s1. The molecule has 132 valence electrons. The quantitative estimate of drug-likeness (QED) is 0.832. The highest BCUT2D eigenvalue weighted by molar-refractivity contribution is 5.81. The number of fused-ring (bicyclic) bond motifs is 1. The first-order valence-corrected chi connectivity index (χ1v) is 7.57. The van der Waals surface area contributed by atoms with Gasteiger partial charge in [-0.2, -0.15) is 13.2 Å². The van der Waals surface area contributed by atoms with Crippen LogP contribution in [0.15, 0.2) is 24.3 Å². The molecule has 0 bridgehead atoms. The second kappa shape index (κ2) is 7.55. The lowest BCUT2D eigenvalue weighted by Crippen LogP contribution is -2.55. The SMILES string of the molecule is CCOC(=O)CCC(=O)N[C@@H]1Cc2ccccc2O[C@H]1C(F)(F)F. The van der Waals surface area contributed by atoms with E-state index in [2.05, 4.69) is 10.1 Å². The molecule has 0 spiro atoms. The second-order valence-corrected chi connectivity index (χ2v) is 5.37. The Hall–Kier alpha value is -2.25. The molecule has 0 radical (unpaired) electrons. The van der Waals surface area contributed by atoms with E-state index in [9.17, 15) is 22.8 Å². The Labute approximate surface area is 137 Å². The van der Waals surface area contributed by atoms with Gasteiger partial charge < -0.3 is 14.8 Å². The predicted octanol–water partition coefficient (Wildman–Crippen LogP) is 2.38. The topological polar surface area (TPSA) is 64.6 Å². The van der Waals surface area contributed by atoms with Gasteiger partial charge >= 0.3 is 12.1 Å². The van der Waals surface area contributed by atoms with Crippen LogP contribution in [0.5, 0.6) is 5.75 Å². The molecule has 0 unspecified atom stereocenters. The van der Waals surface area contributed by atoms with E-state index in [0.29, 0.717) is 5.56 Å². The highest BCUT2D eigenvalue weighted by Crippen LogP contribution is 2.35. The maximum Gasteiger partial charge on any atom is 0.427 e. The molecule has 0 aliphatic carbocycles. The van der Waals surface area contributed by atoms with Crippen LogP contribution in [0.4, 0.5) is 13.2 Å². The molecule has 24 heavy (non-hydrogen) atoms. The molecule has 2 rings (SSSR count). The number of rotatable bonds is 5. The van der Waals surface area contributed by atoms with E-state index in [-0.39, 0.29) is 31.6 Å². The number of carbonyl (C=O) groups excluding carboxylic acids is 2. The number of ether oxygens (including phenoxy) is 2. The molecule has 0 aromatic heterocycles. The number of esters is 1. The van der Waals surface area contributed by atoms with Crippen molar-refractivity contribution in [1.82, 2.24) is 5.32 Å². The number of para-hydroxylation sites is 1. The van der Waals surface area contributed by atoms with Crippen molar-refractivity contribution in [1.29, 1.82) is 0 Å². The summed E-state index contributed by atoms with van der Waals surface area (Å²) in [6.07, 6.45) is -7.15. The largest absolute Gasteiger partial charge is 0.478 e. The van der Waals surface area contributed by atoms with E-state index in [4.69, 9.17) is 4.74 Å². The van der Waals surface area contributed by atoms with Gasteiger partial charge in [0.25, 0.3) is 0 Å². The van der Waals surface area contributed by atoms with Crippen molar-refractivity contribution in [3.8, 4) is 5.75 Å². The summed E-state index contributed by atoms with van der Waals surface area (Å²) in [7, 11) is 0. The molecule has 1 aliphatic heterocycles. The van der Waals surface area contributed by atoms with Gasteiger partial charge in [-0.15, -0.1) is 0 Å². The number of hydrogen-bond donors (Lipinski definition) is 1. The van der Waals surface area contributed by atoms with Crippen molar-refractivity contribution in [2.24, 2.45) is 0 Å². The number of carbonyl (C=O) groups is 2. The van der Waals surface area contributed by atoms with Crippen LogP contribution < -0.4 is 10.1 Å². The van der Waals surface area contributed by atoms with Gasteiger partial charge in [0.2, 0.25) is 12.0 Å². The minimum Gasteiger partial charge on any atom is -0.478 e. The summed E-state index contributed by atoms with van der Waals surface area (Å²) in [4.78, 5) is 23.1. The number of amides is 1. The van der Waals surface area contributed by atoms with Gasteiger partial charge in [0.15, 0.2) is 0 Å². The first kappa shape index (κ1) is 18.1. The van der Waals surface area contributed by atoms with Gasteiger partial charge in [-0.05, 0) is 18.6 Å². The van der Waals surface area contributed by atoms with Gasteiger partial charge in [0, 0.05) is 12.8 Å². The fourth-order valence-corrected chi connectivity index (χ4v) is 2.50.